The standard InChI is InChI=1S/C15H20FNO3S/c1-19-14-5-4-12(16)7-11(14)9-21-10-15(18)17-8-13-3-2-6-20-13/h4-5,7,13H,2-3,6,8-10H2,1H3,(H,17,18)/t13-/m0/s1. The molecule has 1 N–H and O–H groups in total. The summed E-state index contributed by atoms with van der Waals surface area (Å²) in [5.74, 6) is 1.20. The SMILES string of the molecule is COc1ccc(F)cc1CSCC(=O)NC[C@@H]1CCCO1. The molecule has 1 atom stereocenters. The first-order valence-corrected chi connectivity index (χ1v) is 8.13. The van der Waals surface area contributed by atoms with E-state index in [0.717, 1.165) is 25.0 Å². The lowest BCUT2D eigenvalue weighted by Crippen LogP contribution is -2.32. The zero-order valence-corrected chi connectivity index (χ0v) is 12.9. The van der Waals surface area contributed by atoms with E-state index < -0.39 is 0 Å². The zero-order valence-electron chi connectivity index (χ0n) is 12.1. The molecule has 1 aliphatic rings. The molecule has 6 heteroatoms. The number of carbonyl (C=O) groups is 1. The van der Waals surface area contributed by atoms with Gasteiger partial charge in [0.2, 0.25) is 5.91 Å². The van der Waals surface area contributed by atoms with Gasteiger partial charge in [-0.2, -0.15) is 0 Å². The van der Waals surface area contributed by atoms with Gasteiger partial charge in [-0.25, -0.2) is 4.39 Å². The Hall–Kier alpha value is -1.27. The number of methoxy groups -OCH3 is 1. The molecule has 1 aliphatic heterocycles. The van der Waals surface area contributed by atoms with E-state index in [4.69, 9.17) is 9.47 Å². The Bertz CT molecular complexity index is 478. The maximum Gasteiger partial charge on any atom is 0.230 e. The average Bonchev–Trinajstić information content (AvgIpc) is 2.99. The lowest BCUT2D eigenvalue weighted by Gasteiger charge is -2.11. The molecular weight excluding hydrogens is 293 g/mol. The molecule has 1 saturated heterocycles. The predicted octanol–water partition coefficient (Wildman–Crippen LogP) is 2.36. The number of halogens is 1. The predicted molar refractivity (Wildman–Crippen MR) is 81.1 cm³/mol. The summed E-state index contributed by atoms with van der Waals surface area (Å²) in [6.45, 7) is 1.36. The van der Waals surface area contributed by atoms with E-state index >= 15 is 0 Å². The van der Waals surface area contributed by atoms with Crippen molar-refractivity contribution < 1.29 is 18.7 Å². The Morgan fingerprint density at radius 3 is 3.14 bits per heavy atom. The van der Waals surface area contributed by atoms with Crippen LogP contribution in [0.1, 0.15) is 18.4 Å². The van der Waals surface area contributed by atoms with E-state index in [0.29, 0.717) is 23.8 Å². The largest absolute Gasteiger partial charge is 0.496 e. The molecule has 0 bridgehead atoms. The van der Waals surface area contributed by atoms with Crippen molar-refractivity contribution in [2.45, 2.75) is 24.7 Å². The number of thioether (sulfide) groups is 1. The first-order chi connectivity index (χ1) is 10.2. The van der Waals surface area contributed by atoms with Gasteiger partial charge in [0, 0.05) is 24.5 Å². The van der Waals surface area contributed by atoms with Crippen LogP contribution < -0.4 is 10.1 Å². The number of hydrogen-bond donors (Lipinski definition) is 1. The van der Waals surface area contributed by atoms with Crippen LogP contribution in [0.4, 0.5) is 4.39 Å². The molecule has 21 heavy (non-hydrogen) atoms. The molecule has 0 saturated carbocycles. The van der Waals surface area contributed by atoms with Crippen LogP contribution in [-0.2, 0) is 15.3 Å². The van der Waals surface area contributed by atoms with Gasteiger partial charge < -0.3 is 14.8 Å². The molecule has 1 heterocycles. The van der Waals surface area contributed by atoms with Gasteiger partial charge in [0.05, 0.1) is 19.0 Å². The van der Waals surface area contributed by atoms with Crippen LogP contribution in [0.25, 0.3) is 0 Å². The summed E-state index contributed by atoms with van der Waals surface area (Å²) in [5.41, 5.74) is 0.759. The summed E-state index contributed by atoms with van der Waals surface area (Å²) in [5, 5.41) is 2.86. The molecule has 1 aromatic rings. The summed E-state index contributed by atoms with van der Waals surface area (Å²) < 4.78 is 23.8. The van der Waals surface area contributed by atoms with E-state index in [9.17, 15) is 9.18 Å². The summed E-state index contributed by atoms with van der Waals surface area (Å²) in [6, 6.07) is 4.40. The molecule has 0 spiro atoms. The molecule has 116 valence electrons. The van der Waals surface area contributed by atoms with E-state index in [2.05, 4.69) is 5.32 Å². The van der Waals surface area contributed by atoms with Crippen molar-refractivity contribution in [3.05, 3.63) is 29.6 Å². The highest BCUT2D eigenvalue weighted by Gasteiger charge is 2.16. The number of amides is 1. The molecular formula is C15H20FNO3S. The number of hydrogen-bond acceptors (Lipinski definition) is 4. The van der Waals surface area contributed by atoms with E-state index in [1.165, 1.54) is 23.9 Å². The van der Waals surface area contributed by atoms with Crippen molar-refractivity contribution in [2.75, 3.05) is 26.0 Å². The van der Waals surface area contributed by atoms with Crippen LogP contribution >= 0.6 is 11.8 Å². The third kappa shape index (κ3) is 5.21. The van der Waals surface area contributed by atoms with Crippen molar-refractivity contribution in [1.82, 2.24) is 5.32 Å². The zero-order chi connectivity index (χ0) is 15.1. The van der Waals surface area contributed by atoms with Gasteiger partial charge in [-0.1, -0.05) is 0 Å². The summed E-state index contributed by atoms with van der Waals surface area (Å²) in [7, 11) is 1.55. The van der Waals surface area contributed by atoms with Gasteiger partial charge in [0.15, 0.2) is 0 Å². The van der Waals surface area contributed by atoms with Gasteiger partial charge in [-0.3, -0.25) is 4.79 Å². The summed E-state index contributed by atoms with van der Waals surface area (Å²) in [6.07, 6.45) is 2.23. The van der Waals surface area contributed by atoms with Gasteiger partial charge in [0.1, 0.15) is 11.6 Å². The normalized spacial score (nSPS) is 17.7. The minimum absolute atomic E-state index is 0.0223. The number of carbonyl (C=O) groups excluding carboxylic acids is 1. The van der Waals surface area contributed by atoms with E-state index in [-0.39, 0.29) is 17.8 Å². The molecule has 0 unspecified atom stereocenters. The van der Waals surface area contributed by atoms with Crippen molar-refractivity contribution >= 4 is 17.7 Å². The van der Waals surface area contributed by atoms with Crippen LogP contribution in [0.3, 0.4) is 0 Å². The minimum atomic E-state index is -0.297. The highest BCUT2D eigenvalue weighted by atomic mass is 32.2. The Labute approximate surface area is 128 Å². The first-order valence-electron chi connectivity index (χ1n) is 6.97. The molecule has 0 radical (unpaired) electrons. The topological polar surface area (TPSA) is 47.6 Å². The van der Waals surface area contributed by atoms with E-state index in [1.54, 1.807) is 13.2 Å². The van der Waals surface area contributed by atoms with Crippen molar-refractivity contribution in [3.8, 4) is 5.75 Å². The van der Waals surface area contributed by atoms with Crippen LogP contribution in [-0.4, -0.2) is 38.0 Å². The van der Waals surface area contributed by atoms with Gasteiger partial charge >= 0.3 is 0 Å². The van der Waals surface area contributed by atoms with Crippen LogP contribution in [0.5, 0.6) is 5.75 Å². The fourth-order valence-electron chi connectivity index (χ4n) is 2.20. The Kier molecular flexibility index (Phi) is 6.32. The van der Waals surface area contributed by atoms with Crippen LogP contribution in [0, 0.1) is 5.82 Å². The van der Waals surface area contributed by atoms with E-state index in [1.807, 2.05) is 0 Å². The van der Waals surface area contributed by atoms with Crippen molar-refractivity contribution in [1.29, 1.82) is 0 Å². The molecule has 1 aromatic carbocycles. The second-order valence-electron chi connectivity index (χ2n) is 4.89. The average molecular weight is 313 g/mol. The second-order valence-corrected chi connectivity index (χ2v) is 5.87. The Balaban J connectivity index is 1.70. The highest BCUT2D eigenvalue weighted by Crippen LogP contribution is 2.24. The molecule has 1 amide bonds. The van der Waals surface area contributed by atoms with Crippen molar-refractivity contribution in [3.63, 3.8) is 0 Å². The fraction of sp³-hybridized carbons (Fsp3) is 0.533. The fourth-order valence-corrected chi connectivity index (χ4v) is 3.03. The number of rotatable bonds is 7. The molecule has 2 rings (SSSR count). The third-order valence-electron chi connectivity index (χ3n) is 3.28. The monoisotopic (exact) mass is 313 g/mol. The lowest BCUT2D eigenvalue weighted by atomic mass is 10.2. The molecule has 1 fully saturated rings. The number of benzene rings is 1. The van der Waals surface area contributed by atoms with Gasteiger partial charge in [-0.05, 0) is 31.0 Å². The Morgan fingerprint density at radius 2 is 2.43 bits per heavy atom. The molecule has 4 nitrogen and oxygen atoms in total. The lowest BCUT2D eigenvalue weighted by molar-refractivity contribution is -0.119. The first kappa shape index (κ1) is 16.1. The smallest absolute Gasteiger partial charge is 0.230 e. The number of nitrogens with one attached hydrogen (secondary N) is 1. The quantitative estimate of drug-likeness (QED) is 0.839. The highest BCUT2D eigenvalue weighted by molar-refractivity contribution is 7.99. The summed E-state index contributed by atoms with van der Waals surface area (Å²) in [4.78, 5) is 11.7. The maximum absolute atomic E-state index is 13.2. The van der Waals surface area contributed by atoms with Crippen molar-refractivity contribution in [2.24, 2.45) is 0 Å². The maximum atomic E-state index is 13.2. The van der Waals surface area contributed by atoms with Crippen LogP contribution in [0.15, 0.2) is 18.2 Å². The Morgan fingerprint density at radius 1 is 1.57 bits per heavy atom. The molecule has 0 aliphatic carbocycles. The second kappa shape index (κ2) is 8.24. The summed E-state index contributed by atoms with van der Waals surface area (Å²) >= 11 is 1.44. The minimum Gasteiger partial charge on any atom is -0.496 e. The van der Waals surface area contributed by atoms with Gasteiger partial charge in [0.25, 0.3) is 0 Å². The van der Waals surface area contributed by atoms with Crippen LogP contribution in [0.2, 0.25) is 0 Å². The number of ether oxygens (including phenoxy) is 2. The van der Waals surface area contributed by atoms with Gasteiger partial charge in [-0.15, -0.1) is 11.8 Å². The molecule has 0 aromatic heterocycles. The third-order valence-corrected chi connectivity index (χ3v) is 4.27.